The highest BCUT2D eigenvalue weighted by Gasteiger charge is 2.16. The molecule has 0 saturated carbocycles. The van der Waals surface area contributed by atoms with Crippen LogP contribution in [0.2, 0.25) is 0 Å². The van der Waals surface area contributed by atoms with Gasteiger partial charge in [-0.15, -0.1) is 0 Å². The van der Waals surface area contributed by atoms with Crippen molar-refractivity contribution in [2.75, 3.05) is 5.75 Å². The van der Waals surface area contributed by atoms with Crippen molar-refractivity contribution >= 4 is 11.8 Å². The number of aromatic nitrogens is 2. The van der Waals surface area contributed by atoms with Gasteiger partial charge in [0, 0.05) is 17.1 Å². The highest BCUT2D eigenvalue weighted by atomic mass is 32.2. The fourth-order valence-electron chi connectivity index (χ4n) is 1.17. The van der Waals surface area contributed by atoms with E-state index in [-0.39, 0.29) is 0 Å². The Morgan fingerprint density at radius 1 is 1.44 bits per heavy atom. The first-order valence-electron chi connectivity index (χ1n) is 5.08. The van der Waals surface area contributed by atoms with Crippen LogP contribution in [0.25, 0.3) is 0 Å². The normalized spacial score (nSPS) is 14.2. The Hall–Kier alpha value is -1.12. The fraction of sp³-hybridized carbons (Fsp3) is 0.545. The van der Waals surface area contributed by atoms with E-state index in [9.17, 15) is 0 Å². The second kappa shape index (κ2) is 5.28. The van der Waals surface area contributed by atoms with Crippen molar-refractivity contribution < 1.29 is 0 Å². The summed E-state index contributed by atoms with van der Waals surface area (Å²) >= 11 is 1.54. The van der Waals surface area contributed by atoms with Gasteiger partial charge in [0.1, 0.15) is 5.54 Å². The third-order valence-electron chi connectivity index (χ3n) is 2.07. The zero-order chi connectivity index (χ0) is 12.2. The first kappa shape index (κ1) is 12.9. The van der Waals surface area contributed by atoms with Gasteiger partial charge in [-0.05, 0) is 33.3 Å². The van der Waals surface area contributed by atoms with E-state index in [0.717, 1.165) is 22.3 Å². The monoisotopic (exact) mass is 236 g/mol. The lowest BCUT2D eigenvalue weighted by Gasteiger charge is -2.13. The molecular formula is C11H16N4S. The third kappa shape index (κ3) is 4.17. The minimum absolute atomic E-state index is 0.629. The first-order valence-corrected chi connectivity index (χ1v) is 6.07. The van der Waals surface area contributed by atoms with Crippen molar-refractivity contribution in [2.45, 2.75) is 37.9 Å². The Morgan fingerprint density at radius 2 is 2.00 bits per heavy atom. The maximum atomic E-state index is 8.76. The summed E-state index contributed by atoms with van der Waals surface area (Å²) in [7, 11) is 0. The summed E-state index contributed by atoms with van der Waals surface area (Å²) in [6.45, 7) is 5.62. The van der Waals surface area contributed by atoms with Crippen LogP contribution in [0.1, 0.15) is 24.7 Å². The summed E-state index contributed by atoms with van der Waals surface area (Å²) in [5, 5.41) is 9.52. The molecule has 0 bridgehead atoms. The van der Waals surface area contributed by atoms with Crippen molar-refractivity contribution in [1.29, 1.82) is 5.26 Å². The molecule has 1 atom stereocenters. The van der Waals surface area contributed by atoms with E-state index >= 15 is 0 Å². The first-order chi connectivity index (χ1) is 7.43. The zero-order valence-electron chi connectivity index (χ0n) is 9.82. The Morgan fingerprint density at radius 3 is 2.50 bits per heavy atom. The van der Waals surface area contributed by atoms with Crippen molar-refractivity contribution in [3.8, 4) is 6.07 Å². The predicted octanol–water partition coefficient (Wildman–Crippen LogP) is 1.82. The number of hydrogen-bond donors (Lipinski definition) is 1. The molecule has 0 radical (unpaired) electrons. The topological polar surface area (TPSA) is 75.6 Å². The molecule has 86 valence electrons. The molecule has 0 aliphatic rings. The van der Waals surface area contributed by atoms with Gasteiger partial charge in [-0.25, -0.2) is 9.97 Å². The highest BCUT2D eigenvalue weighted by molar-refractivity contribution is 7.99. The molecule has 1 aromatic heterocycles. The second-order valence-electron chi connectivity index (χ2n) is 4.06. The minimum atomic E-state index is -0.758. The van der Waals surface area contributed by atoms with Crippen LogP contribution in [0.15, 0.2) is 11.2 Å². The lowest BCUT2D eigenvalue weighted by molar-refractivity contribution is 0.583. The molecular weight excluding hydrogens is 220 g/mol. The maximum Gasteiger partial charge on any atom is 0.187 e. The van der Waals surface area contributed by atoms with E-state index < -0.39 is 5.54 Å². The molecule has 1 aromatic rings. The van der Waals surface area contributed by atoms with Crippen molar-refractivity contribution in [3.63, 3.8) is 0 Å². The van der Waals surface area contributed by atoms with Gasteiger partial charge in [0.05, 0.1) is 6.07 Å². The van der Waals surface area contributed by atoms with E-state index in [1.54, 1.807) is 6.92 Å². The average Bonchev–Trinajstić information content (AvgIpc) is 2.16. The zero-order valence-corrected chi connectivity index (χ0v) is 10.6. The van der Waals surface area contributed by atoms with Gasteiger partial charge in [-0.1, -0.05) is 11.8 Å². The quantitative estimate of drug-likeness (QED) is 0.637. The van der Waals surface area contributed by atoms with Crippen LogP contribution in [0.3, 0.4) is 0 Å². The van der Waals surface area contributed by atoms with Gasteiger partial charge in [0.15, 0.2) is 5.16 Å². The molecule has 0 amide bonds. The summed E-state index contributed by atoms with van der Waals surface area (Å²) in [4.78, 5) is 8.62. The van der Waals surface area contributed by atoms with Gasteiger partial charge in [0.25, 0.3) is 0 Å². The Bertz CT molecular complexity index is 389. The Labute approximate surface area is 100 Å². The van der Waals surface area contributed by atoms with Crippen LogP contribution in [0, 0.1) is 25.2 Å². The Balaban J connectivity index is 2.53. The Kier molecular flexibility index (Phi) is 4.27. The molecule has 1 heterocycles. The highest BCUT2D eigenvalue weighted by Crippen LogP contribution is 2.17. The van der Waals surface area contributed by atoms with Gasteiger partial charge in [0.2, 0.25) is 0 Å². The maximum absolute atomic E-state index is 8.76. The number of thioether (sulfide) groups is 1. The van der Waals surface area contributed by atoms with Crippen LogP contribution in [0.4, 0.5) is 0 Å². The molecule has 0 saturated heterocycles. The number of nitrogens with zero attached hydrogens (tertiary/aromatic N) is 3. The van der Waals surface area contributed by atoms with Crippen LogP contribution < -0.4 is 5.73 Å². The molecule has 0 aliphatic carbocycles. The standard InChI is InChI=1S/C11H16N4S/c1-8-6-9(2)15-10(14-8)16-5-4-11(3,13)7-12/h6H,4-5,13H2,1-3H3. The van der Waals surface area contributed by atoms with Crippen LogP contribution in [-0.4, -0.2) is 21.3 Å². The summed E-state index contributed by atoms with van der Waals surface area (Å²) in [6.07, 6.45) is 0.629. The number of hydrogen-bond acceptors (Lipinski definition) is 5. The predicted molar refractivity (Wildman–Crippen MR) is 65.1 cm³/mol. The molecule has 5 heteroatoms. The number of nitrogens with two attached hydrogens (primary N) is 1. The number of aryl methyl sites for hydroxylation is 2. The molecule has 0 aliphatic heterocycles. The van der Waals surface area contributed by atoms with Gasteiger partial charge in [-0.2, -0.15) is 5.26 Å². The number of rotatable bonds is 4. The molecule has 2 N–H and O–H groups in total. The van der Waals surface area contributed by atoms with Crippen molar-refractivity contribution in [3.05, 3.63) is 17.5 Å². The lowest BCUT2D eigenvalue weighted by Crippen LogP contribution is -2.34. The molecule has 1 unspecified atom stereocenters. The van der Waals surface area contributed by atoms with E-state index in [1.807, 2.05) is 19.9 Å². The summed E-state index contributed by atoms with van der Waals surface area (Å²) in [6, 6.07) is 4.01. The number of nitriles is 1. The molecule has 1 rings (SSSR count). The van der Waals surface area contributed by atoms with E-state index in [0.29, 0.717) is 6.42 Å². The summed E-state index contributed by atoms with van der Waals surface area (Å²) in [5.74, 6) is 0.753. The van der Waals surface area contributed by atoms with Crippen molar-refractivity contribution in [2.24, 2.45) is 5.73 Å². The molecule has 4 nitrogen and oxygen atoms in total. The molecule has 0 spiro atoms. The minimum Gasteiger partial charge on any atom is -0.314 e. The molecule has 16 heavy (non-hydrogen) atoms. The molecule has 0 fully saturated rings. The third-order valence-corrected chi connectivity index (χ3v) is 2.92. The van der Waals surface area contributed by atoms with Gasteiger partial charge < -0.3 is 5.73 Å². The SMILES string of the molecule is Cc1cc(C)nc(SCCC(C)(N)C#N)n1. The van der Waals surface area contributed by atoms with E-state index in [4.69, 9.17) is 11.0 Å². The average molecular weight is 236 g/mol. The second-order valence-corrected chi connectivity index (χ2v) is 5.12. The largest absolute Gasteiger partial charge is 0.314 e. The van der Waals surface area contributed by atoms with Crippen LogP contribution >= 0.6 is 11.8 Å². The smallest absolute Gasteiger partial charge is 0.187 e. The summed E-state index contributed by atoms with van der Waals surface area (Å²) in [5.41, 5.74) is 6.89. The van der Waals surface area contributed by atoms with Crippen molar-refractivity contribution in [1.82, 2.24) is 9.97 Å². The fourth-order valence-corrected chi connectivity index (χ4v) is 2.29. The molecule has 0 aromatic carbocycles. The lowest BCUT2D eigenvalue weighted by atomic mass is 10.0. The van der Waals surface area contributed by atoms with Gasteiger partial charge in [-0.3, -0.25) is 0 Å². The summed E-state index contributed by atoms with van der Waals surface area (Å²) < 4.78 is 0. The van der Waals surface area contributed by atoms with Crippen LogP contribution in [-0.2, 0) is 0 Å². The van der Waals surface area contributed by atoms with E-state index in [1.165, 1.54) is 11.8 Å². The van der Waals surface area contributed by atoms with Crippen LogP contribution in [0.5, 0.6) is 0 Å². The van der Waals surface area contributed by atoms with E-state index in [2.05, 4.69) is 16.0 Å². The van der Waals surface area contributed by atoms with Gasteiger partial charge >= 0.3 is 0 Å².